The average Bonchev–Trinajstić information content (AvgIpc) is 2.08. The molecule has 0 spiro atoms. The van der Waals surface area contributed by atoms with Crippen LogP contribution in [-0.4, -0.2) is 18.2 Å². The lowest BCUT2D eigenvalue weighted by Gasteiger charge is -2.10. The van der Waals surface area contributed by atoms with Gasteiger partial charge in [0.25, 0.3) is 0 Å². The molecule has 1 aromatic rings. The van der Waals surface area contributed by atoms with E-state index in [-0.39, 0.29) is 16.4 Å². The van der Waals surface area contributed by atoms with Crippen LogP contribution in [0.2, 0.25) is 5.02 Å². The highest BCUT2D eigenvalue weighted by atomic mass is 35.5. The minimum Gasteiger partial charge on any atom is -0.465 e. The van der Waals surface area contributed by atoms with Gasteiger partial charge in [0.2, 0.25) is 0 Å². The molecule has 6 heteroatoms. The molecular weight excluding hydrogens is 211 g/mol. The molecule has 1 aromatic carbocycles. The summed E-state index contributed by atoms with van der Waals surface area (Å²) in [6.45, 7) is 0. The summed E-state index contributed by atoms with van der Waals surface area (Å²) in [7, 11) is 1.54. The highest BCUT2D eigenvalue weighted by Crippen LogP contribution is 2.31. The van der Waals surface area contributed by atoms with Gasteiger partial charge in [-0.15, -0.1) is 0 Å². The number of carbonyl (C=O) groups is 1. The van der Waals surface area contributed by atoms with E-state index in [1.165, 1.54) is 7.05 Å². The Bertz CT molecular complexity index is 371. The summed E-state index contributed by atoms with van der Waals surface area (Å²) in [5.41, 5.74) is 0.431. The Balaban J connectivity index is 3.18. The van der Waals surface area contributed by atoms with Gasteiger partial charge in [-0.25, -0.2) is 9.18 Å². The fourth-order valence-corrected chi connectivity index (χ4v) is 1.26. The van der Waals surface area contributed by atoms with E-state index in [9.17, 15) is 9.18 Å². The monoisotopic (exact) mass is 218 g/mol. The van der Waals surface area contributed by atoms with Crippen LogP contribution < -0.4 is 10.6 Å². The Morgan fingerprint density at radius 1 is 1.57 bits per heavy atom. The van der Waals surface area contributed by atoms with Gasteiger partial charge in [0.05, 0.1) is 16.4 Å². The Hall–Kier alpha value is -1.49. The molecule has 0 saturated heterocycles. The van der Waals surface area contributed by atoms with Gasteiger partial charge < -0.3 is 10.4 Å². The Labute approximate surface area is 84.7 Å². The van der Waals surface area contributed by atoms with Crippen molar-refractivity contribution in [3.63, 3.8) is 0 Å². The zero-order chi connectivity index (χ0) is 10.7. The molecule has 4 nitrogen and oxygen atoms in total. The maximum absolute atomic E-state index is 12.8. The van der Waals surface area contributed by atoms with Gasteiger partial charge in [0.15, 0.2) is 0 Å². The van der Waals surface area contributed by atoms with E-state index in [1.807, 2.05) is 0 Å². The van der Waals surface area contributed by atoms with Crippen LogP contribution in [0.3, 0.4) is 0 Å². The van der Waals surface area contributed by atoms with Crippen LogP contribution in [0.5, 0.6) is 0 Å². The summed E-state index contributed by atoms with van der Waals surface area (Å²) in [6.07, 6.45) is -1.25. The third kappa shape index (κ3) is 2.26. The van der Waals surface area contributed by atoms with E-state index in [2.05, 4.69) is 10.6 Å². The van der Waals surface area contributed by atoms with Crippen molar-refractivity contribution in [3.8, 4) is 0 Å². The highest BCUT2D eigenvalue weighted by molar-refractivity contribution is 6.34. The fourth-order valence-electron chi connectivity index (χ4n) is 1.00. The number of nitrogens with one attached hydrogen (secondary N) is 2. The Kier molecular flexibility index (Phi) is 3.14. The summed E-state index contributed by atoms with van der Waals surface area (Å²) in [5.74, 6) is -0.532. The smallest absolute Gasteiger partial charge is 0.409 e. The van der Waals surface area contributed by atoms with Gasteiger partial charge in [0, 0.05) is 7.05 Å². The molecule has 0 fully saturated rings. The van der Waals surface area contributed by atoms with Crippen molar-refractivity contribution in [1.29, 1.82) is 0 Å². The maximum atomic E-state index is 12.8. The first-order valence-electron chi connectivity index (χ1n) is 3.71. The van der Waals surface area contributed by atoms with Gasteiger partial charge in [-0.1, -0.05) is 11.6 Å². The standard InChI is InChI=1S/C8H8ClFN2O2/c1-11-6-3-4(10)2-5(9)7(6)12-8(13)14/h2-3,11-12H,1H3,(H,13,14). The van der Waals surface area contributed by atoms with Crippen LogP contribution in [0.15, 0.2) is 12.1 Å². The molecule has 14 heavy (non-hydrogen) atoms. The normalized spacial score (nSPS) is 9.64. The minimum absolute atomic E-state index is 0.0109. The summed E-state index contributed by atoms with van der Waals surface area (Å²) in [5, 5.41) is 13.2. The number of rotatable bonds is 2. The molecule has 1 rings (SSSR count). The third-order valence-corrected chi connectivity index (χ3v) is 1.85. The number of hydrogen-bond donors (Lipinski definition) is 3. The van der Waals surface area contributed by atoms with E-state index in [0.29, 0.717) is 0 Å². The maximum Gasteiger partial charge on any atom is 0.409 e. The van der Waals surface area contributed by atoms with E-state index >= 15 is 0 Å². The van der Waals surface area contributed by atoms with Gasteiger partial charge in [-0.3, -0.25) is 5.32 Å². The first-order valence-corrected chi connectivity index (χ1v) is 4.09. The van der Waals surface area contributed by atoms with Crippen molar-refractivity contribution in [2.45, 2.75) is 0 Å². The largest absolute Gasteiger partial charge is 0.465 e. The van der Waals surface area contributed by atoms with Crippen LogP contribution in [0.25, 0.3) is 0 Å². The van der Waals surface area contributed by atoms with Crippen LogP contribution in [-0.2, 0) is 0 Å². The van der Waals surface area contributed by atoms with Crippen LogP contribution in [0.1, 0.15) is 0 Å². The fraction of sp³-hybridized carbons (Fsp3) is 0.125. The Morgan fingerprint density at radius 2 is 2.21 bits per heavy atom. The molecule has 0 aliphatic rings. The molecule has 0 heterocycles. The number of amides is 1. The minimum atomic E-state index is -1.25. The zero-order valence-electron chi connectivity index (χ0n) is 7.27. The molecule has 76 valence electrons. The quantitative estimate of drug-likeness (QED) is 0.715. The van der Waals surface area contributed by atoms with Crippen LogP contribution in [0.4, 0.5) is 20.6 Å². The molecule has 3 N–H and O–H groups in total. The van der Waals surface area contributed by atoms with E-state index in [4.69, 9.17) is 16.7 Å². The first kappa shape index (κ1) is 10.6. The molecule has 0 aliphatic carbocycles. The van der Waals surface area contributed by atoms with Gasteiger partial charge in [0.1, 0.15) is 5.82 Å². The topological polar surface area (TPSA) is 61.4 Å². The molecule has 0 radical (unpaired) electrons. The third-order valence-electron chi connectivity index (χ3n) is 1.56. The number of benzene rings is 1. The summed E-state index contributed by atoms with van der Waals surface area (Å²) in [4.78, 5) is 10.4. The van der Waals surface area contributed by atoms with Crippen molar-refractivity contribution >= 4 is 29.1 Å². The van der Waals surface area contributed by atoms with Crippen LogP contribution in [0, 0.1) is 5.82 Å². The molecule has 1 amide bonds. The number of halogens is 2. The van der Waals surface area contributed by atoms with Crippen molar-refractivity contribution in [3.05, 3.63) is 23.0 Å². The average molecular weight is 219 g/mol. The second kappa shape index (κ2) is 4.15. The van der Waals surface area contributed by atoms with Gasteiger partial charge in [-0.2, -0.15) is 0 Å². The summed E-state index contributed by atoms with van der Waals surface area (Å²) < 4.78 is 12.8. The molecule has 0 aliphatic heterocycles. The molecular formula is C8H8ClFN2O2. The predicted octanol–water partition coefficient (Wildman–Crippen LogP) is 2.61. The van der Waals surface area contributed by atoms with E-state index in [1.54, 1.807) is 0 Å². The van der Waals surface area contributed by atoms with Crippen molar-refractivity contribution in [2.75, 3.05) is 17.7 Å². The van der Waals surface area contributed by atoms with Gasteiger partial charge >= 0.3 is 6.09 Å². The predicted molar refractivity (Wildman–Crippen MR) is 52.6 cm³/mol. The highest BCUT2D eigenvalue weighted by Gasteiger charge is 2.10. The summed E-state index contributed by atoms with van der Waals surface area (Å²) >= 11 is 5.65. The van der Waals surface area contributed by atoms with E-state index in [0.717, 1.165) is 12.1 Å². The number of hydrogen-bond acceptors (Lipinski definition) is 2. The number of carboxylic acid groups (broad SMARTS) is 1. The van der Waals surface area contributed by atoms with Crippen molar-refractivity contribution in [2.24, 2.45) is 0 Å². The molecule has 0 unspecified atom stereocenters. The first-order chi connectivity index (χ1) is 6.54. The number of anilines is 2. The molecule has 0 aromatic heterocycles. The second-order valence-electron chi connectivity index (χ2n) is 2.49. The van der Waals surface area contributed by atoms with Gasteiger partial charge in [-0.05, 0) is 12.1 Å². The molecule has 0 saturated carbocycles. The van der Waals surface area contributed by atoms with Crippen molar-refractivity contribution < 1.29 is 14.3 Å². The molecule has 0 atom stereocenters. The van der Waals surface area contributed by atoms with E-state index < -0.39 is 11.9 Å². The van der Waals surface area contributed by atoms with Crippen LogP contribution >= 0.6 is 11.6 Å². The van der Waals surface area contributed by atoms with Crippen molar-refractivity contribution in [1.82, 2.24) is 0 Å². The zero-order valence-corrected chi connectivity index (χ0v) is 8.02. The Morgan fingerprint density at radius 3 is 2.71 bits per heavy atom. The molecule has 0 bridgehead atoms. The lowest BCUT2D eigenvalue weighted by molar-refractivity contribution is 0.210. The SMILES string of the molecule is CNc1cc(F)cc(Cl)c1NC(=O)O. The lowest BCUT2D eigenvalue weighted by Crippen LogP contribution is -2.10. The summed E-state index contributed by atoms with van der Waals surface area (Å²) in [6, 6.07) is 2.19. The lowest BCUT2D eigenvalue weighted by atomic mass is 10.2. The second-order valence-corrected chi connectivity index (χ2v) is 2.90.